The predicted molar refractivity (Wildman–Crippen MR) is 69.1 cm³/mol. The van der Waals surface area contributed by atoms with E-state index in [1.807, 2.05) is 0 Å². The van der Waals surface area contributed by atoms with Gasteiger partial charge in [-0.25, -0.2) is 0 Å². The molecule has 0 fully saturated rings. The van der Waals surface area contributed by atoms with Gasteiger partial charge in [-0.2, -0.15) is 0 Å². The van der Waals surface area contributed by atoms with E-state index in [0.717, 1.165) is 5.56 Å². The Bertz CT molecular complexity index is 392. The van der Waals surface area contributed by atoms with E-state index < -0.39 is 6.04 Å². The molecule has 18 heavy (non-hydrogen) atoms. The topological polar surface area (TPSA) is 86.8 Å². The minimum Gasteiger partial charge on any atom is -0.508 e. The molecular formula is C13H20N2O3. The molecule has 0 saturated carbocycles. The number of hydrogen-bond acceptors (Lipinski definition) is 4. The van der Waals surface area contributed by atoms with Gasteiger partial charge in [-0.1, -0.05) is 12.1 Å². The summed E-state index contributed by atoms with van der Waals surface area (Å²) in [7, 11) is 1.62. The Morgan fingerprint density at radius 1 is 1.39 bits per heavy atom. The van der Waals surface area contributed by atoms with E-state index in [4.69, 9.17) is 15.9 Å². The van der Waals surface area contributed by atoms with E-state index in [1.54, 1.807) is 38.2 Å². The Morgan fingerprint density at radius 3 is 2.44 bits per heavy atom. The lowest BCUT2D eigenvalue weighted by Gasteiger charge is -2.26. The molecule has 0 aliphatic rings. The summed E-state index contributed by atoms with van der Waals surface area (Å²) in [6.45, 7) is 1.67. The molecule has 100 valence electrons. The number of nitrogens with zero attached hydrogens (tertiary/aromatic N) is 1. The zero-order valence-electron chi connectivity index (χ0n) is 10.7. The fourth-order valence-corrected chi connectivity index (χ4v) is 1.57. The van der Waals surface area contributed by atoms with Gasteiger partial charge in [0.05, 0.1) is 18.7 Å². The molecule has 1 aromatic rings. The first-order valence-corrected chi connectivity index (χ1v) is 5.86. The third kappa shape index (κ3) is 3.72. The lowest BCUT2D eigenvalue weighted by Crippen LogP contribution is -2.47. The third-order valence-corrected chi connectivity index (χ3v) is 2.98. The van der Waals surface area contributed by atoms with Gasteiger partial charge in [0.25, 0.3) is 0 Å². The summed E-state index contributed by atoms with van der Waals surface area (Å²) in [5, 5.41) is 18.2. The summed E-state index contributed by atoms with van der Waals surface area (Å²) < 4.78 is 0. The Balaban J connectivity index is 2.62. The number of carbonyl (C=O) groups is 1. The Morgan fingerprint density at radius 2 is 1.94 bits per heavy atom. The molecule has 0 saturated heterocycles. The molecule has 0 aliphatic carbocycles. The van der Waals surface area contributed by atoms with E-state index >= 15 is 0 Å². The smallest absolute Gasteiger partial charge is 0.239 e. The maximum absolute atomic E-state index is 12.0. The Hall–Kier alpha value is -1.59. The van der Waals surface area contributed by atoms with Crippen LogP contribution < -0.4 is 5.73 Å². The van der Waals surface area contributed by atoms with Crippen LogP contribution >= 0.6 is 0 Å². The first-order valence-electron chi connectivity index (χ1n) is 5.86. The second-order valence-electron chi connectivity index (χ2n) is 4.46. The van der Waals surface area contributed by atoms with Gasteiger partial charge < -0.3 is 20.8 Å². The number of phenols is 1. The van der Waals surface area contributed by atoms with Crippen molar-refractivity contribution in [1.29, 1.82) is 0 Å². The van der Waals surface area contributed by atoms with E-state index in [2.05, 4.69) is 0 Å². The SMILES string of the molecule is CC(CO)N(C)C(=O)[C@H](N)Cc1ccc(O)cc1. The van der Waals surface area contributed by atoms with Crippen molar-refractivity contribution >= 4 is 5.91 Å². The number of hydrogen-bond donors (Lipinski definition) is 3. The van der Waals surface area contributed by atoms with Gasteiger partial charge in [0.15, 0.2) is 0 Å². The van der Waals surface area contributed by atoms with E-state index in [9.17, 15) is 4.79 Å². The highest BCUT2D eigenvalue weighted by molar-refractivity contribution is 5.82. The highest BCUT2D eigenvalue weighted by Crippen LogP contribution is 2.11. The number of aromatic hydroxyl groups is 1. The second kappa shape index (κ2) is 6.37. The monoisotopic (exact) mass is 252 g/mol. The third-order valence-electron chi connectivity index (χ3n) is 2.98. The van der Waals surface area contributed by atoms with Gasteiger partial charge in [-0.05, 0) is 31.0 Å². The Labute approximate surface area is 107 Å². The molecule has 1 unspecified atom stereocenters. The Kier molecular flexibility index (Phi) is 5.12. The molecule has 1 aromatic carbocycles. The average Bonchev–Trinajstić information content (AvgIpc) is 2.38. The van der Waals surface area contributed by atoms with E-state index in [0.29, 0.717) is 6.42 Å². The van der Waals surface area contributed by atoms with E-state index in [1.165, 1.54) is 4.90 Å². The zero-order chi connectivity index (χ0) is 13.7. The average molecular weight is 252 g/mol. The minimum absolute atomic E-state index is 0.0891. The zero-order valence-corrected chi connectivity index (χ0v) is 10.7. The van der Waals surface area contributed by atoms with Crippen LogP contribution in [0.25, 0.3) is 0 Å². The van der Waals surface area contributed by atoms with Crippen LogP contribution in [0, 0.1) is 0 Å². The number of nitrogens with two attached hydrogens (primary N) is 1. The normalized spacial score (nSPS) is 14.0. The summed E-state index contributed by atoms with van der Waals surface area (Å²) in [5.41, 5.74) is 6.73. The molecule has 4 N–H and O–H groups in total. The van der Waals surface area contributed by atoms with Gasteiger partial charge in [-0.3, -0.25) is 4.79 Å². The fourth-order valence-electron chi connectivity index (χ4n) is 1.57. The highest BCUT2D eigenvalue weighted by Gasteiger charge is 2.21. The minimum atomic E-state index is -0.645. The van der Waals surface area contributed by atoms with Gasteiger partial charge in [0.1, 0.15) is 5.75 Å². The van der Waals surface area contributed by atoms with Crippen molar-refractivity contribution in [2.75, 3.05) is 13.7 Å². The molecular weight excluding hydrogens is 232 g/mol. The number of benzene rings is 1. The largest absolute Gasteiger partial charge is 0.508 e. The molecule has 5 heteroatoms. The van der Waals surface area contributed by atoms with Crippen molar-refractivity contribution in [1.82, 2.24) is 4.90 Å². The fraction of sp³-hybridized carbons (Fsp3) is 0.462. The van der Waals surface area contributed by atoms with Crippen molar-refractivity contribution in [2.24, 2.45) is 5.73 Å². The summed E-state index contributed by atoms with van der Waals surface area (Å²) in [4.78, 5) is 13.4. The number of phenolic OH excluding ortho intramolecular Hbond substituents is 1. The van der Waals surface area contributed by atoms with Crippen molar-refractivity contribution < 1.29 is 15.0 Å². The maximum atomic E-state index is 12.0. The van der Waals surface area contributed by atoms with Crippen LogP contribution in [0.15, 0.2) is 24.3 Å². The maximum Gasteiger partial charge on any atom is 0.239 e. The molecule has 0 radical (unpaired) electrons. The molecule has 0 heterocycles. The van der Waals surface area contributed by atoms with Crippen LogP contribution in [-0.2, 0) is 11.2 Å². The number of amides is 1. The highest BCUT2D eigenvalue weighted by atomic mass is 16.3. The van der Waals surface area contributed by atoms with Gasteiger partial charge >= 0.3 is 0 Å². The van der Waals surface area contributed by atoms with Gasteiger partial charge in [0.2, 0.25) is 5.91 Å². The summed E-state index contributed by atoms with van der Waals surface area (Å²) in [5.74, 6) is -0.0192. The van der Waals surface area contributed by atoms with Gasteiger partial charge in [0, 0.05) is 7.05 Å². The van der Waals surface area contributed by atoms with Crippen molar-refractivity contribution in [2.45, 2.75) is 25.4 Å². The number of rotatable bonds is 5. The molecule has 0 aliphatic heterocycles. The lowest BCUT2D eigenvalue weighted by molar-refractivity contribution is -0.133. The van der Waals surface area contributed by atoms with Crippen LogP contribution in [0.2, 0.25) is 0 Å². The van der Waals surface area contributed by atoms with Gasteiger partial charge in [-0.15, -0.1) is 0 Å². The molecule has 0 aromatic heterocycles. The first-order chi connectivity index (χ1) is 8.45. The standard InChI is InChI=1S/C13H20N2O3/c1-9(8-16)15(2)13(18)12(14)7-10-3-5-11(17)6-4-10/h3-6,9,12,16-17H,7-8,14H2,1-2H3/t9?,12-/m1/s1. The molecule has 1 rings (SSSR count). The van der Waals surface area contributed by atoms with Crippen LogP contribution in [0.3, 0.4) is 0 Å². The van der Waals surface area contributed by atoms with E-state index in [-0.39, 0.29) is 24.3 Å². The number of aliphatic hydroxyl groups is 1. The first kappa shape index (κ1) is 14.5. The molecule has 2 atom stereocenters. The quantitative estimate of drug-likeness (QED) is 0.693. The summed E-state index contributed by atoms with van der Waals surface area (Å²) in [6.07, 6.45) is 0.404. The molecule has 5 nitrogen and oxygen atoms in total. The summed E-state index contributed by atoms with van der Waals surface area (Å²) in [6, 6.07) is 5.70. The number of likely N-dealkylation sites (N-methyl/N-ethyl adjacent to an activating group) is 1. The number of carbonyl (C=O) groups excluding carboxylic acids is 1. The van der Waals surface area contributed by atoms with Crippen LogP contribution in [0.5, 0.6) is 5.75 Å². The lowest BCUT2D eigenvalue weighted by atomic mass is 10.1. The van der Waals surface area contributed by atoms with Crippen molar-refractivity contribution in [3.8, 4) is 5.75 Å². The van der Waals surface area contributed by atoms with Crippen LogP contribution in [0.4, 0.5) is 0 Å². The van der Waals surface area contributed by atoms with Crippen molar-refractivity contribution in [3.05, 3.63) is 29.8 Å². The predicted octanol–water partition coefficient (Wildman–Crippen LogP) is 0.101. The number of aliphatic hydroxyl groups excluding tert-OH is 1. The van der Waals surface area contributed by atoms with Crippen LogP contribution in [-0.4, -0.2) is 46.8 Å². The molecule has 1 amide bonds. The molecule has 0 bridgehead atoms. The summed E-state index contributed by atoms with van der Waals surface area (Å²) >= 11 is 0. The van der Waals surface area contributed by atoms with Crippen LogP contribution in [0.1, 0.15) is 12.5 Å². The van der Waals surface area contributed by atoms with Crippen molar-refractivity contribution in [3.63, 3.8) is 0 Å². The second-order valence-corrected chi connectivity index (χ2v) is 4.46. The molecule has 0 spiro atoms.